The van der Waals surface area contributed by atoms with E-state index in [1.807, 2.05) is 25.2 Å². The number of carbonyl (C=O) groups is 4. The second-order valence-electron chi connectivity index (χ2n) is 19.0. The molecule has 1 spiro atoms. The van der Waals surface area contributed by atoms with E-state index >= 15 is 4.39 Å². The van der Waals surface area contributed by atoms with E-state index in [4.69, 9.17) is 9.26 Å². The Morgan fingerprint density at radius 3 is 2.44 bits per heavy atom. The number of benzene rings is 2. The smallest absolute Gasteiger partial charge is 0.323 e. The Kier molecular flexibility index (Phi) is 12.6. The largest absolute Gasteiger partial charge is 0.461 e. The molecule has 63 heavy (non-hydrogen) atoms. The number of halogens is 2. The first-order valence-electron chi connectivity index (χ1n) is 23.0. The summed E-state index contributed by atoms with van der Waals surface area (Å²) in [6.45, 7) is 3.63. The van der Waals surface area contributed by atoms with Crippen LogP contribution in [0.1, 0.15) is 130 Å². The van der Waals surface area contributed by atoms with Crippen molar-refractivity contribution in [1.29, 1.82) is 0 Å². The van der Waals surface area contributed by atoms with E-state index in [0.717, 1.165) is 38.5 Å². The molecule has 12 nitrogen and oxygen atoms in total. The molecule has 6 fully saturated rings. The zero-order valence-corrected chi connectivity index (χ0v) is 38.1. The number of nitrogens with zero attached hydrogens (tertiary/aromatic N) is 3. The van der Waals surface area contributed by atoms with Gasteiger partial charge in [-0.3, -0.25) is 23.7 Å². The van der Waals surface area contributed by atoms with Crippen LogP contribution in [-0.2, 0) is 28.2 Å². The van der Waals surface area contributed by atoms with Gasteiger partial charge in [0.2, 0.25) is 17.7 Å². The molecule has 9 rings (SSSR count). The number of nitrogens with one attached hydrogen (secondary N) is 2. The summed E-state index contributed by atoms with van der Waals surface area (Å²) in [5.74, 6) is -3.22. The van der Waals surface area contributed by atoms with Crippen LogP contribution >= 0.6 is 18.9 Å². The first-order chi connectivity index (χ1) is 30.3. The molecule has 1 unspecified atom stereocenters. The quantitative estimate of drug-likeness (QED) is 0.121. The highest BCUT2D eigenvalue weighted by atomic mass is 32.1. The number of likely N-dealkylation sites (tertiary alicyclic amines) is 1. The summed E-state index contributed by atoms with van der Waals surface area (Å²) in [7, 11) is -2.23. The molecule has 3 amide bonds. The Balaban J connectivity index is 0.932. The van der Waals surface area contributed by atoms with Gasteiger partial charge in [-0.1, -0.05) is 36.4 Å². The molecule has 3 saturated heterocycles. The number of esters is 1. The molecule has 6 aliphatic rings. The molecular formula is C47H60F2N5O7PS. The van der Waals surface area contributed by atoms with Gasteiger partial charge in [0.05, 0.1) is 11.5 Å². The third kappa shape index (κ3) is 8.86. The van der Waals surface area contributed by atoms with Crippen LogP contribution in [0.5, 0.6) is 0 Å². The Morgan fingerprint density at radius 2 is 1.76 bits per heavy atom. The Morgan fingerprint density at radius 1 is 1.00 bits per heavy atom. The van der Waals surface area contributed by atoms with Crippen LogP contribution in [-0.4, -0.2) is 113 Å². The van der Waals surface area contributed by atoms with Crippen molar-refractivity contribution in [2.45, 2.75) is 163 Å². The lowest BCUT2D eigenvalue weighted by atomic mass is 9.86. The predicted molar refractivity (Wildman–Crippen MR) is 237 cm³/mol. The van der Waals surface area contributed by atoms with Crippen molar-refractivity contribution in [3.8, 4) is 0 Å². The van der Waals surface area contributed by atoms with E-state index in [1.165, 1.54) is 36.0 Å². The fraction of sp³-hybridized carbons (Fsp3) is 0.617. The molecule has 16 heteroatoms. The van der Waals surface area contributed by atoms with Crippen LogP contribution in [0.25, 0.3) is 10.1 Å². The molecule has 3 aliphatic heterocycles. The van der Waals surface area contributed by atoms with Crippen LogP contribution in [0.2, 0.25) is 0 Å². The number of alkyl halides is 2. The fourth-order valence-corrected chi connectivity index (χ4v) is 13.6. The van der Waals surface area contributed by atoms with Crippen molar-refractivity contribution in [2.24, 2.45) is 0 Å². The summed E-state index contributed by atoms with van der Waals surface area (Å²) in [6.07, 6.45) is 8.17. The number of rotatable bonds is 14. The zero-order chi connectivity index (χ0) is 44.2. The topological polar surface area (TPSA) is 138 Å². The van der Waals surface area contributed by atoms with Gasteiger partial charge < -0.3 is 29.3 Å². The van der Waals surface area contributed by atoms with E-state index < -0.39 is 49.6 Å². The minimum absolute atomic E-state index is 0.00443. The number of ether oxygens (including phenoxy) is 1. The Hall–Kier alpha value is -3.75. The number of amides is 3. The van der Waals surface area contributed by atoms with E-state index in [1.54, 1.807) is 24.0 Å². The molecule has 3 aliphatic carbocycles. The maximum Gasteiger partial charge on any atom is 0.323 e. The number of carbonyl (C=O) groups excluding carboxylic acids is 4. The monoisotopic (exact) mass is 907 g/mol. The van der Waals surface area contributed by atoms with Crippen molar-refractivity contribution in [1.82, 2.24) is 25.1 Å². The predicted octanol–water partition coefficient (Wildman–Crippen LogP) is 8.16. The second kappa shape index (κ2) is 17.9. The molecule has 1 aromatic heterocycles. The molecule has 3 saturated carbocycles. The van der Waals surface area contributed by atoms with E-state index in [2.05, 4.69) is 32.3 Å². The van der Waals surface area contributed by atoms with Gasteiger partial charge in [-0.05, 0) is 139 Å². The molecule has 8 atom stereocenters. The number of fused-ring (bicyclic) bond motifs is 2. The number of thiophene rings is 1. The standard InChI is InChI=1S/C47H60F2N5O7PS/c1-4-60-62(59,51-28(2)46(58)61-37-11-8-12-37)42(49)30-13-18-40-31(21-30)22-41(63-40)43(55)50-38-16-14-34(52(3)36-23-33(48)24-36)25-35-15-17-39(54(35)44(38)56)45(57)53-27-32(26-47(53)19-20-47)29-9-6-5-7-10-29/h5-7,9-10,13,18,21-22,28,32-39,42H,4,8,11-12,14-17,19-20,23-27H2,1-3H3,(H,50,55)(H,51,59)/t28-,32+,33?,34-,35+,36?,38-,39-,42+,62?/m0/s1. The summed E-state index contributed by atoms with van der Waals surface area (Å²) in [6, 6.07) is 14.0. The number of hydrogen-bond donors (Lipinski definition) is 2. The van der Waals surface area contributed by atoms with Gasteiger partial charge in [0, 0.05) is 40.8 Å². The van der Waals surface area contributed by atoms with Crippen molar-refractivity contribution in [2.75, 3.05) is 20.2 Å². The van der Waals surface area contributed by atoms with E-state index in [0.29, 0.717) is 66.5 Å². The van der Waals surface area contributed by atoms with Gasteiger partial charge in [0.15, 0.2) is 0 Å². The van der Waals surface area contributed by atoms with E-state index in [-0.39, 0.29) is 59.7 Å². The molecule has 0 radical (unpaired) electrons. The normalized spacial score (nSPS) is 29.9. The first kappa shape index (κ1) is 44.5. The van der Waals surface area contributed by atoms with Crippen molar-refractivity contribution in [3.63, 3.8) is 0 Å². The average Bonchev–Trinajstić information content (AvgIpc) is 3.52. The van der Waals surface area contributed by atoms with Gasteiger partial charge in [-0.15, -0.1) is 11.3 Å². The molecule has 340 valence electrons. The summed E-state index contributed by atoms with van der Waals surface area (Å²) in [4.78, 5) is 62.9. The van der Waals surface area contributed by atoms with E-state index in [9.17, 15) is 28.1 Å². The van der Waals surface area contributed by atoms with Crippen LogP contribution in [0.3, 0.4) is 0 Å². The lowest BCUT2D eigenvalue weighted by Gasteiger charge is -2.45. The van der Waals surface area contributed by atoms with Crippen LogP contribution in [0.4, 0.5) is 8.78 Å². The van der Waals surface area contributed by atoms with Crippen molar-refractivity contribution < 1.29 is 41.8 Å². The molecular weight excluding hydrogens is 848 g/mol. The van der Waals surface area contributed by atoms with Crippen molar-refractivity contribution >= 4 is 52.6 Å². The third-order valence-electron chi connectivity index (χ3n) is 14.9. The molecule has 3 aromatic rings. The van der Waals surface area contributed by atoms with Gasteiger partial charge in [0.1, 0.15) is 30.4 Å². The fourth-order valence-electron chi connectivity index (χ4n) is 10.7. The lowest BCUT2D eigenvalue weighted by Crippen LogP contribution is -2.59. The average molecular weight is 908 g/mol. The third-order valence-corrected chi connectivity index (χ3v) is 18.3. The SMILES string of the molecule is CCOP(=O)(N[C@@H](C)C(=O)OC1CCC1)[C@@H](F)c1ccc2sc(C(=O)N[C@H]3CC[C@H](N(C)C4CC(F)C4)C[C@H]4CC[C@@H](C(=O)N5C[C@H](c6ccccc6)CC56CC6)N4C3=O)cc2c1. The van der Waals surface area contributed by atoms with Gasteiger partial charge >= 0.3 is 13.5 Å². The van der Waals surface area contributed by atoms with Crippen LogP contribution in [0, 0.1) is 0 Å². The molecule has 2 aromatic carbocycles. The maximum atomic E-state index is 16.3. The molecule has 2 N–H and O–H groups in total. The lowest BCUT2D eigenvalue weighted by molar-refractivity contribution is -0.154. The van der Waals surface area contributed by atoms with Gasteiger partial charge in [-0.2, -0.15) is 0 Å². The summed E-state index contributed by atoms with van der Waals surface area (Å²) < 4.78 is 55.9. The minimum Gasteiger partial charge on any atom is -0.461 e. The highest BCUT2D eigenvalue weighted by molar-refractivity contribution is 7.57. The first-order valence-corrected chi connectivity index (χ1v) is 25.5. The summed E-state index contributed by atoms with van der Waals surface area (Å²) >= 11 is 1.20. The summed E-state index contributed by atoms with van der Waals surface area (Å²) in [5.41, 5.74) is 1.11. The minimum atomic E-state index is -4.26. The van der Waals surface area contributed by atoms with Gasteiger partial charge in [-0.25, -0.2) is 13.9 Å². The molecule has 4 heterocycles. The second-order valence-corrected chi connectivity index (χ2v) is 22.2. The molecule has 0 bridgehead atoms. The van der Waals surface area contributed by atoms with Crippen molar-refractivity contribution in [3.05, 3.63) is 70.6 Å². The number of hydrogen-bond acceptors (Lipinski definition) is 9. The zero-order valence-electron chi connectivity index (χ0n) is 36.4. The maximum absolute atomic E-state index is 16.3. The van der Waals surface area contributed by atoms with Crippen LogP contribution < -0.4 is 10.4 Å². The highest BCUT2D eigenvalue weighted by Gasteiger charge is 2.59. The highest BCUT2D eigenvalue weighted by Crippen LogP contribution is 2.58. The van der Waals surface area contributed by atoms with Gasteiger partial charge in [0.25, 0.3) is 5.91 Å². The summed E-state index contributed by atoms with van der Waals surface area (Å²) in [5, 5.41) is 6.20. The Bertz CT molecular complexity index is 2250. The van der Waals surface area contributed by atoms with Crippen LogP contribution in [0.15, 0.2) is 54.6 Å². The Labute approximate surface area is 372 Å².